The van der Waals surface area contributed by atoms with Crippen LogP contribution in [0.5, 0.6) is 0 Å². The predicted molar refractivity (Wildman–Crippen MR) is 113 cm³/mol. The molecular weight excluding hydrogens is 311 g/mol. The highest BCUT2D eigenvalue weighted by molar-refractivity contribution is 6.39. The molecule has 5 fully saturated rings. The maximum Gasteiger partial charge on any atom is 0.114 e. The molecular formula is C25H42B. The lowest BCUT2D eigenvalue weighted by Gasteiger charge is -2.37. The van der Waals surface area contributed by atoms with Crippen LogP contribution in [0, 0.1) is 35.0 Å². The van der Waals surface area contributed by atoms with Crippen molar-refractivity contribution in [3.05, 3.63) is 0 Å². The zero-order valence-corrected chi connectivity index (χ0v) is 17.3. The van der Waals surface area contributed by atoms with Crippen molar-refractivity contribution in [3.8, 4) is 0 Å². The second kappa shape index (κ2) is 7.83. The van der Waals surface area contributed by atoms with Gasteiger partial charge in [0.05, 0.1) is 0 Å². The second-order valence-corrected chi connectivity index (χ2v) is 11.3. The van der Waals surface area contributed by atoms with Crippen LogP contribution in [-0.4, -0.2) is 7.28 Å². The van der Waals surface area contributed by atoms with E-state index in [0.29, 0.717) is 0 Å². The summed E-state index contributed by atoms with van der Waals surface area (Å²) >= 11 is 0. The lowest BCUT2D eigenvalue weighted by Crippen LogP contribution is -2.27. The van der Waals surface area contributed by atoms with Gasteiger partial charge in [0.15, 0.2) is 0 Å². The number of hydrogen-bond donors (Lipinski definition) is 0. The van der Waals surface area contributed by atoms with E-state index >= 15 is 0 Å². The van der Waals surface area contributed by atoms with Crippen LogP contribution < -0.4 is 0 Å². The molecule has 0 bridgehead atoms. The van der Waals surface area contributed by atoms with E-state index in [4.69, 9.17) is 0 Å². The van der Waals surface area contributed by atoms with Crippen molar-refractivity contribution in [1.29, 1.82) is 0 Å². The molecule has 4 atom stereocenters. The van der Waals surface area contributed by atoms with Crippen molar-refractivity contribution in [2.75, 3.05) is 0 Å². The molecule has 1 heterocycles. The van der Waals surface area contributed by atoms with E-state index in [1.807, 2.05) is 0 Å². The molecule has 0 N–H and O–H groups in total. The first-order chi connectivity index (χ1) is 12.8. The van der Waals surface area contributed by atoms with Crippen LogP contribution in [0.1, 0.15) is 109 Å². The van der Waals surface area contributed by atoms with E-state index in [9.17, 15) is 0 Å². The third kappa shape index (κ3) is 3.43. The molecule has 1 radical (unpaired) electrons. The van der Waals surface area contributed by atoms with Crippen LogP contribution in [0.3, 0.4) is 0 Å². The van der Waals surface area contributed by atoms with Crippen molar-refractivity contribution < 1.29 is 0 Å². The molecule has 1 spiro atoms. The highest BCUT2D eigenvalue weighted by Crippen LogP contribution is 2.65. The van der Waals surface area contributed by atoms with Crippen molar-refractivity contribution >= 4 is 7.28 Å². The minimum absolute atomic E-state index is 0.763. The summed E-state index contributed by atoms with van der Waals surface area (Å²) in [6.07, 6.45) is 28.1. The Kier molecular flexibility index (Phi) is 5.45. The highest BCUT2D eigenvalue weighted by atomic mass is 14.6. The zero-order valence-electron chi connectivity index (χ0n) is 17.3. The zero-order chi connectivity index (χ0) is 17.4. The van der Waals surface area contributed by atoms with Crippen LogP contribution in [-0.2, 0) is 0 Å². The number of rotatable bonds is 3. The first-order valence-electron chi connectivity index (χ1n) is 12.7. The standard InChI is InChI=1S/C25H42B/c1-2-4-10-19(9-3-1)22-15-23(20-11-5-6-12-20)25(16-22)17-24(26-18-25)21-13-7-8-14-21/h19-24H,1-18H2. The molecule has 4 aliphatic carbocycles. The highest BCUT2D eigenvalue weighted by Gasteiger charge is 2.55. The van der Waals surface area contributed by atoms with Crippen LogP contribution >= 0.6 is 0 Å². The average Bonchev–Trinajstić information content (AvgIpc) is 3.42. The fourth-order valence-electron chi connectivity index (χ4n) is 8.76. The molecule has 1 saturated heterocycles. The van der Waals surface area contributed by atoms with Gasteiger partial charge in [-0.05, 0) is 47.8 Å². The molecule has 0 aromatic heterocycles. The first kappa shape index (κ1) is 18.1. The molecule has 26 heavy (non-hydrogen) atoms. The fraction of sp³-hybridized carbons (Fsp3) is 1.00. The molecule has 1 aliphatic heterocycles. The van der Waals surface area contributed by atoms with Gasteiger partial charge in [0.1, 0.15) is 7.28 Å². The second-order valence-electron chi connectivity index (χ2n) is 11.3. The van der Waals surface area contributed by atoms with E-state index in [1.54, 1.807) is 83.5 Å². The molecule has 0 aromatic rings. The Morgan fingerprint density at radius 1 is 0.538 bits per heavy atom. The van der Waals surface area contributed by atoms with Gasteiger partial charge in [-0.3, -0.25) is 0 Å². The van der Waals surface area contributed by atoms with Gasteiger partial charge in [-0.25, -0.2) is 0 Å². The van der Waals surface area contributed by atoms with Gasteiger partial charge in [0, 0.05) is 0 Å². The van der Waals surface area contributed by atoms with E-state index in [2.05, 4.69) is 7.28 Å². The topological polar surface area (TPSA) is 0 Å². The molecule has 5 rings (SSSR count). The molecule has 0 amide bonds. The van der Waals surface area contributed by atoms with Gasteiger partial charge < -0.3 is 0 Å². The molecule has 0 aromatic carbocycles. The summed E-state index contributed by atoms with van der Waals surface area (Å²) in [6.45, 7) is 0. The van der Waals surface area contributed by atoms with Crippen molar-refractivity contribution in [1.82, 2.24) is 0 Å². The third-order valence-corrected chi connectivity index (χ3v) is 10.0. The Bertz CT molecular complexity index is 453. The Labute approximate surface area is 163 Å². The van der Waals surface area contributed by atoms with Crippen LogP contribution in [0.4, 0.5) is 0 Å². The monoisotopic (exact) mass is 353 g/mol. The van der Waals surface area contributed by atoms with Crippen molar-refractivity contribution in [2.45, 2.75) is 121 Å². The molecule has 4 unspecified atom stereocenters. The summed E-state index contributed by atoms with van der Waals surface area (Å²) < 4.78 is 0. The van der Waals surface area contributed by atoms with Gasteiger partial charge in [0.25, 0.3) is 0 Å². The summed E-state index contributed by atoms with van der Waals surface area (Å²) in [7, 11) is 2.87. The van der Waals surface area contributed by atoms with Crippen LogP contribution in [0.2, 0.25) is 12.1 Å². The Balaban J connectivity index is 1.33. The fourth-order valence-corrected chi connectivity index (χ4v) is 8.76. The molecule has 5 aliphatic rings. The Morgan fingerprint density at radius 2 is 1.12 bits per heavy atom. The average molecular weight is 353 g/mol. The van der Waals surface area contributed by atoms with Gasteiger partial charge in [-0.2, -0.15) is 0 Å². The molecule has 4 saturated carbocycles. The summed E-state index contributed by atoms with van der Waals surface area (Å²) in [5, 5.41) is 0. The van der Waals surface area contributed by atoms with E-state index in [1.165, 1.54) is 32.0 Å². The summed E-state index contributed by atoms with van der Waals surface area (Å²) in [6, 6.07) is 0. The maximum atomic E-state index is 2.87. The Hall–Kier alpha value is 0.0649. The lowest BCUT2D eigenvalue weighted by molar-refractivity contribution is 0.148. The minimum atomic E-state index is 0.763. The molecule has 1 heteroatoms. The lowest BCUT2D eigenvalue weighted by atomic mass is 9.60. The smallest absolute Gasteiger partial charge is 0.0741 e. The minimum Gasteiger partial charge on any atom is -0.0741 e. The summed E-state index contributed by atoms with van der Waals surface area (Å²) in [4.78, 5) is 0. The third-order valence-electron chi connectivity index (χ3n) is 10.0. The summed E-state index contributed by atoms with van der Waals surface area (Å²) in [5.41, 5.74) is 0.763. The van der Waals surface area contributed by atoms with Gasteiger partial charge in [-0.15, -0.1) is 0 Å². The predicted octanol–water partition coefficient (Wildman–Crippen LogP) is 7.66. The first-order valence-corrected chi connectivity index (χ1v) is 12.7. The van der Waals surface area contributed by atoms with Gasteiger partial charge in [-0.1, -0.05) is 108 Å². The van der Waals surface area contributed by atoms with Gasteiger partial charge in [0.2, 0.25) is 0 Å². The van der Waals surface area contributed by atoms with E-state index in [0.717, 1.165) is 40.8 Å². The largest absolute Gasteiger partial charge is 0.114 e. The Morgan fingerprint density at radius 3 is 1.81 bits per heavy atom. The van der Waals surface area contributed by atoms with Crippen molar-refractivity contribution in [2.24, 2.45) is 35.0 Å². The SMILES string of the molecule is [B]1CC2(CC1C1CCCC1)CC(C1CCCCCC1)CC2C1CCCC1. The quantitative estimate of drug-likeness (QED) is 0.361. The van der Waals surface area contributed by atoms with Crippen LogP contribution in [0.25, 0.3) is 0 Å². The molecule has 145 valence electrons. The summed E-state index contributed by atoms with van der Waals surface area (Å²) in [5.74, 6) is 6.52. The van der Waals surface area contributed by atoms with Crippen LogP contribution in [0.15, 0.2) is 0 Å². The molecule has 0 nitrogen and oxygen atoms in total. The van der Waals surface area contributed by atoms with E-state index in [-0.39, 0.29) is 0 Å². The normalized spacial score (nSPS) is 43.3. The number of hydrogen-bond acceptors (Lipinski definition) is 0. The van der Waals surface area contributed by atoms with Crippen molar-refractivity contribution in [3.63, 3.8) is 0 Å². The maximum absolute atomic E-state index is 2.87. The van der Waals surface area contributed by atoms with Gasteiger partial charge >= 0.3 is 0 Å². The van der Waals surface area contributed by atoms with E-state index < -0.39 is 0 Å².